The van der Waals surface area contributed by atoms with Crippen LogP contribution in [0.2, 0.25) is 0 Å². The normalized spacial score (nSPS) is 18.3. The number of nitrogens with zero attached hydrogens (tertiary/aromatic N) is 5. The van der Waals surface area contributed by atoms with Crippen LogP contribution in [0.15, 0.2) is 30.7 Å². The monoisotopic (exact) mass is 553 g/mol. The molecular formula is C24H27F4N7O2S. The molecule has 0 spiro atoms. The molecule has 0 bridgehead atoms. The maximum atomic E-state index is 14.6. The SMILES string of the molecule is CCCCN1CC[C@H](Oc2ccc(NC(=O)c3c(C)nsc3Nc3cnc(C(F)(F)F)cn3)cn2)[C@@H](F)C1. The van der Waals surface area contributed by atoms with Gasteiger partial charge in [0.05, 0.1) is 35.5 Å². The van der Waals surface area contributed by atoms with Crippen LogP contribution in [0.4, 0.5) is 34.1 Å². The van der Waals surface area contributed by atoms with E-state index < -0.39 is 30.1 Å². The van der Waals surface area contributed by atoms with Gasteiger partial charge in [-0.05, 0) is 43.9 Å². The molecule has 1 amide bonds. The molecule has 14 heteroatoms. The van der Waals surface area contributed by atoms with Gasteiger partial charge >= 0.3 is 6.18 Å². The predicted octanol–water partition coefficient (Wildman–Crippen LogP) is 5.24. The third kappa shape index (κ3) is 6.92. The van der Waals surface area contributed by atoms with E-state index in [4.69, 9.17) is 4.74 Å². The number of alkyl halides is 4. The molecule has 0 radical (unpaired) electrons. The van der Waals surface area contributed by atoms with Crippen molar-refractivity contribution in [1.29, 1.82) is 0 Å². The molecule has 4 heterocycles. The van der Waals surface area contributed by atoms with Gasteiger partial charge in [-0.1, -0.05) is 13.3 Å². The predicted molar refractivity (Wildman–Crippen MR) is 135 cm³/mol. The molecule has 4 rings (SSSR count). The Labute approximate surface area is 220 Å². The zero-order chi connectivity index (χ0) is 27.3. The first-order valence-corrected chi connectivity index (χ1v) is 12.8. The quantitative estimate of drug-likeness (QED) is 0.347. The molecule has 1 saturated heterocycles. The summed E-state index contributed by atoms with van der Waals surface area (Å²) >= 11 is 0.959. The van der Waals surface area contributed by atoms with Crippen LogP contribution in [0, 0.1) is 6.92 Å². The second-order valence-corrected chi connectivity index (χ2v) is 9.61. The first-order chi connectivity index (χ1) is 18.1. The molecule has 38 heavy (non-hydrogen) atoms. The second kappa shape index (κ2) is 12.0. The average molecular weight is 554 g/mol. The van der Waals surface area contributed by atoms with Gasteiger partial charge in [-0.3, -0.25) is 4.79 Å². The second-order valence-electron chi connectivity index (χ2n) is 8.84. The maximum absolute atomic E-state index is 14.6. The number of nitrogens with one attached hydrogen (secondary N) is 2. The van der Waals surface area contributed by atoms with Crippen molar-refractivity contribution < 1.29 is 27.1 Å². The fourth-order valence-electron chi connectivity index (χ4n) is 3.91. The number of likely N-dealkylation sites (tertiary alicyclic amines) is 1. The number of rotatable bonds is 9. The van der Waals surface area contributed by atoms with Gasteiger partial charge in [-0.25, -0.2) is 19.3 Å². The zero-order valence-electron chi connectivity index (χ0n) is 20.8. The highest BCUT2D eigenvalue weighted by Crippen LogP contribution is 2.30. The fourth-order valence-corrected chi connectivity index (χ4v) is 4.72. The van der Waals surface area contributed by atoms with Crippen molar-refractivity contribution in [3.8, 4) is 5.88 Å². The van der Waals surface area contributed by atoms with E-state index in [-0.39, 0.29) is 17.3 Å². The molecule has 9 nitrogen and oxygen atoms in total. The molecule has 204 valence electrons. The van der Waals surface area contributed by atoms with Crippen molar-refractivity contribution in [2.24, 2.45) is 0 Å². The lowest BCUT2D eigenvalue weighted by atomic mass is 10.1. The van der Waals surface area contributed by atoms with Crippen LogP contribution in [0.25, 0.3) is 0 Å². The summed E-state index contributed by atoms with van der Waals surface area (Å²) in [5.41, 5.74) is -0.130. The van der Waals surface area contributed by atoms with E-state index >= 15 is 0 Å². The topological polar surface area (TPSA) is 105 Å². The van der Waals surface area contributed by atoms with Gasteiger partial charge in [0.15, 0.2) is 5.69 Å². The molecule has 3 aromatic heterocycles. The van der Waals surface area contributed by atoms with Crippen molar-refractivity contribution in [1.82, 2.24) is 24.2 Å². The Morgan fingerprint density at radius 1 is 1.21 bits per heavy atom. The van der Waals surface area contributed by atoms with Crippen LogP contribution < -0.4 is 15.4 Å². The molecule has 1 fully saturated rings. The van der Waals surface area contributed by atoms with Crippen molar-refractivity contribution in [2.75, 3.05) is 30.3 Å². The van der Waals surface area contributed by atoms with Crippen molar-refractivity contribution in [3.05, 3.63) is 47.7 Å². The number of aromatic nitrogens is 4. The van der Waals surface area contributed by atoms with Gasteiger partial charge in [0.2, 0.25) is 5.88 Å². The number of aryl methyl sites for hydroxylation is 1. The third-order valence-electron chi connectivity index (χ3n) is 5.93. The lowest BCUT2D eigenvalue weighted by Gasteiger charge is -2.34. The summed E-state index contributed by atoms with van der Waals surface area (Å²) in [6, 6.07) is 3.15. The van der Waals surface area contributed by atoms with Crippen molar-refractivity contribution >= 4 is 33.9 Å². The smallest absolute Gasteiger partial charge is 0.434 e. The summed E-state index contributed by atoms with van der Waals surface area (Å²) < 4.78 is 62.7. The molecule has 0 aliphatic carbocycles. The number of halogens is 4. The minimum absolute atomic E-state index is 0.0289. The number of piperidine rings is 1. The minimum atomic E-state index is -4.61. The molecule has 2 N–H and O–H groups in total. The largest absolute Gasteiger partial charge is 0.471 e. The summed E-state index contributed by atoms with van der Waals surface area (Å²) in [5, 5.41) is 5.79. The molecular weight excluding hydrogens is 526 g/mol. The fraction of sp³-hybridized carbons (Fsp3) is 0.458. The summed E-state index contributed by atoms with van der Waals surface area (Å²) in [6.45, 7) is 5.71. The highest BCUT2D eigenvalue weighted by molar-refractivity contribution is 7.10. The van der Waals surface area contributed by atoms with E-state index in [0.717, 1.165) is 43.7 Å². The summed E-state index contributed by atoms with van der Waals surface area (Å²) in [5.74, 6) is -0.215. The average Bonchev–Trinajstić information content (AvgIpc) is 3.25. The van der Waals surface area contributed by atoms with E-state index in [9.17, 15) is 22.4 Å². The summed E-state index contributed by atoms with van der Waals surface area (Å²) in [6.07, 6.45) is -0.701. The first kappa shape index (κ1) is 27.6. The van der Waals surface area contributed by atoms with Gasteiger partial charge in [0.1, 0.15) is 23.1 Å². The van der Waals surface area contributed by atoms with E-state index in [1.807, 2.05) is 0 Å². The first-order valence-electron chi connectivity index (χ1n) is 12.1. The van der Waals surface area contributed by atoms with E-state index in [2.05, 4.69) is 41.8 Å². The van der Waals surface area contributed by atoms with E-state index in [1.54, 1.807) is 19.1 Å². The number of hydrogen-bond acceptors (Lipinski definition) is 9. The molecule has 0 aromatic carbocycles. The van der Waals surface area contributed by atoms with Crippen LogP contribution >= 0.6 is 11.5 Å². The van der Waals surface area contributed by atoms with E-state index in [1.165, 1.54) is 6.20 Å². The number of unbranched alkanes of at least 4 members (excludes halogenated alkanes) is 1. The van der Waals surface area contributed by atoms with E-state index in [0.29, 0.717) is 35.5 Å². The number of pyridine rings is 1. The molecule has 2 atom stereocenters. The lowest BCUT2D eigenvalue weighted by molar-refractivity contribution is -0.141. The van der Waals surface area contributed by atoms with Crippen LogP contribution in [-0.4, -0.2) is 62.0 Å². The van der Waals surface area contributed by atoms with Gasteiger partial charge in [-0.15, -0.1) is 0 Å². The zero-order valence-corrected chi connectivity index (χ0v) is 21.6. The Bertz CT molecular complexity index is 1220. The highest BCUT2D eigenvalue weighted by atomic mass is 32.1. The van der Waals surface area contributed by atoms with Crippen molar-refractivity contribution in [3.63, 3.8) is 0 Å². The van der Waals surface area contributed by atoms with Gasteiger partial charge in [0.25, 0.3) is 5.91 Å². The molecule has 0 saturated carbocycles. The van der Waals surface area contributed by atoms with Crippen LogP contribution in [0.5, 0.6) is 5.88 Å². The Kier molecular flexibility index (Phi) is 8.72. The number of carbonyl (C=O) groups excluding carboxylic acids is 1. The van der Waals surface area contributed by atoms with Crippen molar-refractivity contribution in [2.45, 2.75) is 51.6 Å². The number of carbonyl (C=O) groups is 1. The Hall–Kier alpha value is -3.39. The number of anilines is 3. The molecule has 1 aliphatic rings. The standard InChI is InChI=1S/C24H27F4N7O2S/c1-3-4-8-35-9-7-17(16(25)13-35)37-20-6-5-15(10-31-20)32-22(36)21-14(2)34-38-23(21)33-19-12-29-18(11-30-19)24(26,27)28/h5-6,10-12,16-17H,3-4,7-9,13H2,1-2H3,(H,30,33)(H,32,36)/t16-,17-/m0/s1. The van der Waals surface area contributed by atoms with Crippen LogP contribution in [0.3, 0.4) is 0 Å². The number of amides is 1. The van der Waals surface area contributed by atoms with Gasteiger partial charge in [0, 0.05) is 19.2 Å². The Morgan fingerprint density at radius 3 is 2.66 bits per heavy atom. The summed E-state index contributed by atoms with van der Waals surface area (Å²) in [4.78, 5) is 26.3. The van der Waals surface area contributed by atoms with Gasteiger partial charge < -0.3 is 20.3 Å². The molecule has 0 unspecified atom stereocenters. The number of hydrogen-bond donors (Lipinski definition) is 2. The maximum Gasteiger partial charge on any atom is 0.434 e. The van der Waals surface area contributed by atoms with Crippen LogP contribution in [-0.2, 0) is 6.18 Å². The number of ether oxygens (including phenoxy) is 1. The van der Waals surface area contributed by atoms with Crippen LogP contribution in [0.1, 0.15) is 47.9 Å². The molecule has 1 aliphatic heterocycles. The molecule has 3 aromatic rings. The minimum Gasteiger partial charge on any atom is -0.471 e. The van der Waals surface area contributed by atoms with Gasteiger partial charge in [-0.2, -0.15) is 17.5 Å². The Morgan fingerprint density at radius 2 is 2.03 bits per heavy atom. The Balaban J connectivity index is 1.35. The lowest BCUT2D eigenvalue weighted by Crippen LogP contribution is -2.47. The highest BCUT2D eigenvalue weighted by Gasteiger charge is 2.33. The summed E-state index contributed by atoms with van der Waals surface area (Å²) in [7, 11) is 0. The third-order valence-corrected chi connectivity index (χ3v) is 6.79.